The van der Waals surface area contributed by atoms with Crippen LogP contribution in [0.25, 0.3) is 0 Å². The number of ketones is 1. The molecule has 1 fully saturated rings. The highest BCUT2D eigenvalue weighted by Crippen LogP contribution is 2.26. The van der Waals surface area contributed by atoms with Gasteiger partial charge in [-0.2, -0.15) is 13.2 Å². The fraction of sp³-hybridized carbons (Fsp3) is 0.500. The normalized spacial score (nSPS) is 16.9. The summed E-state index contributed by atoms with van der Waals surface area (Å²) in [5.41, 5.74) is 0.0275. The monoisotopic (exact) mass is 542 g/mol. The molecule has 0 aliphatic carbocycles. The van der Waals surface area contributed by atoms with Gasteiger partial charge >= 0.3 is 12.1 Å². The van der Waals surface area contributed by atoms with Gasteiger partial charge in [0.05, 0.1) is 6.04 Å². The largest absolute Gasteiger partial charge is 0.480 e. The van der Waals surface area contributed by atoms with Crippen molar-refractivity contribution in [1.82, 2.24) is 20.9 Å². The molecule has 4 N–H and O–H groups in total. The maximum absolute atomic E-state index is 13.4. The highest BCUT2D eigenvalue weighted by molar-refractivity contribution is 6.07. The van der Waals surface area contributed by atoms with Crippen molar-refractivity contribution in [3.8, 4) is 0 Å². The first-order valence-corrected chi connectivity index (χ1v) is 11.8. The van der Waals surface area contributed by atoms with Gasteiger partial charge in [-0.25, -0.2) is 0 Å². The fourth-order valence-corrected chi connectivity index (χ4v) is 3.91. The molecule has 0 aromatic heterocycles. The SMILES string of the molecule is CC(C)C(C(=O)C(F)(F)F)N(C(=O)[C@H](C)NC(=O)c1ccc(C(=O)NCC(=O)O)cc1)C(=O)[C@@H]1CCCN1. The van der Waals surface area contributed by atoms with Crippen molar-refractivity contribution in [3.63, 3.8) is 0 Å². The van der Waals surface area contributed by atoms with Gasteiger partial charge in [-0.1, -0.05) is 13.8 Å². The third-order valence-corrected chi connectivity index (χ3v) is 5.82. The molecule has 2 rings (SSSR count). The minimum Gasteiger partial charge on any atom is -0.480 e. The van der Waals surface area contributed by atoms with Crippen LogP contribution in [0.2, 0.25) is 0 Å². The Hall–Kier alpha value is -3.81. The summed E-state index contributed by atoms with van der Waals surface area (Å²) >= 11 is 0. The van der Waals surface area contributed by atoms with E-state index in [0.717, 1.165) is 0 Å². The van der Waals surface area contributed by atoms with Crippen LogP contribution in [0.5, 0.6) is 0 Å². The summed E-state index contributed by atoms with van der Waals surface area (Å²) in [4.78, 5) is 74.2. The average Bonchev–Trinajstić information content (AvgIpc) is 3.39. The van der Waals surface area contributed by atoms with E-state index in [9.17, 15) is 41.9 Å². The number of amides is 4. The number of hydrogen-bond acceptors (Lipinski definition) is 7. The van der Waals surface area contributed by atoms with Gasteiger partial charge < -0.3 is 21.1 Å². The molecule has 1 heterocycles. The Labute approximate surface area is 216 Å². The van der Waals surface area contributed by atoms with Gasteiger partial charge in [-0.15, -0.1) is 0 Å². The van der Waals surface area contributed by atoms with Crippen LogP contribution in [0, 0.1) is 5.92 Å². The molecule has 4 amide bonds. The van der Waals surface area contributed by atoms with Crippen molar-refractivity contribution in [3.05, 3.63) is 35.4 Å². The smallest absolute Gasteiger partial charge is 0.452 e. The number of Topliss-reactive ketones (excluding diaryl/α,β-unsaturated/α-hetero) is 1. The number of nitrogens with zero attached hydrogens (tertiary/aromatic N) is 1. The number of hydrogen-bond donors (Lipinski definition) is 4. The molecule has 1 aliphatic heterocycles. The minimum atomic E-state index is -5.30. The van der Waals surface area contributed by atoms with Crippen molar-refractivity contribution in [2.45, 2.75) is 57.9 Å². The predicted molar refractivity (Wildman–Crippen MR) is 126 cm³/mol. The van der Waals surface area contributed by atoms with Gasteiger partial charge in [0.25, 0.3) is 23.5 Å². The molecule has 11 nitrogen and oxygen atoms in total. The Bertz CT molecular complexity index is 1080. The molecule has 3 atom stereocenters. The molecule has 0 spiro atoms. The number of carbonyl (C=O) groups excluding carboxylic acids is 5. The van der Waals surface area contributed by atoms with Crippen LogP contribution in [0.1, 0.15) is 54.3 Å². The zero-order valence-corrected chi connectivity index (χ0v) is 20.9. The lowest BCUT2D eigenvalue weighted by molar-refractivity contribution is -0.181. The molecule has 1 aliphatic rings. The summed E-state index contributed by atoms with van der Waals surface area (Å²) in [5.74, 6) is -8.27. The Morgan fingerprint density at radius 1 is 1.03 bits per heavy atom. The Balaban J connectivity index is 2.25. The topological polar surface area (TPSA) is 162 Å². The van der Waals surface area contributed by atoms with E-state index in [1.807, 2.05) is 0 Å². The number of benzene rings is 1. The third-order valence-electron chi connectivity index (χ3n) is 5.82. The number of carbonyl (C=O) groups is 6. The number of carboxylic acid groups (broad SMARTS) is 1. The summed E-state index contributed by atoms with van der Waals surface area (Å²) in [6.45, 7) is 3.53. The molecule has 14 heteroatoms. The van der Waals surface area contributed by atoms with E-state index in [1.54, 1.807) is 0 Å². The highest BCUT2D eigenvalue weighted by Gasteiger charge is 2.51. The van der Waals surface area contributed by atoms with Crippen molar-refractivity contribution in [2.24, 2.45) is 5.92 Å². The quantitative estimate of drug-likeness (QED) is 0.339. The van der Waals surface area contributed by atoms with Crippen LogP contribution in [-0.2, 0) is 19.2 Å². The lowest BCUT2D eigenvalue weighted by Crippen LogP contribution is -2.61. The molecule has 1 saturated heterocycles. The van der Waals surface area contributed by atoms with E-state index in [1.165, 1.54) is 45.0 Å². The second kappa shape index (κ2) is 12.6. The van der Waals surface area contributed by atoms with Gasteiger partial charge in [0.2, 0.25) is 5.91 Å². The second-order valence-electron chi connectivity index (χ2n) is 9.10. The van der Waals surface area contributed by atoms with Gasteiger partial charge in [-0.3, -0.25) is 33.7 Å². The van der Waals surface area contributed by atoms with E-state index in [4.69, 9.17) is 5.11 Å². The van der Waals surface area contributed by atoms with E-state index in [0.29, 0.717) is 17.9 Å². The number of nitrogens with one attached hydrogen (secondary N) is 3. The van der Waals surface area contributed by atoms with Crippen molar-refractivity contribution < 1.29 is 47.0 Å². The van der Waals surface area contributed by atoms with Crippen molar-refractivity contribution >= 4 is 35.4 Å². The first-order chi connectivity index (χ1) is 17.6. The van der Waals surface area contributed by atoms with Gasteiger partial charge in [0.1, 0.15) is 18.6 Å². The first kappa shape index (κ1) is 30.4. The summed E-state index contributed by atoms with van der Waals surface area (Å²) in [7, 11) is 0. The average molecular weight is 543 g/mol. The second-order valence-corrected chi connectivity index (χ2v) is 9.10. The highest BCUT2D eigenvalue weighted by atomic mass is 19.4. The van der Waals surface area contributed by atoms with Crippen LogP contribution in [0.4, 0.5) is 13.2 Å². The number of imide groups is 1. The summed E-state index contributed by atoms with van der Waals surface area (Å²) < 4.78 is 40.2. The summed E-state index contributed by atoms with van der Waals surface area (Å²) in [5, 5.41) is 15.9. The molecular weight excluding hydrogens is 513 g/mol. The summed E-state index contributed by atoms with van der Waals surface area (Å²) in [6.07, 6.45) is -4.49. The number of rotatable bonds is 10. The molecule has 1 aromatic rings. The predicted octanol–water partition coefficient (Wildman–Crippen LogP) is 0.883. The van der Waals surface area contributed by atoms with Gasteiger partial charge in [0, 0.05) is 11.1 Å². The van der Waals surface area contributed by atoms with E-state index < -0.39 is 72.1 Å². The lowest BCUT2D eigenvalue weighted by Gasteiger charge is -2.35. The molecule has 1 unspecified atom stereocenters. The van der Waals surface area contributed by atoms with Gasteiger partial charge in [0.15, 0.2) is 0 Å². The Morgan fingerprint density at radius 3 is 2.03 bits per heavy atom. The Morgan fingerprint density at radius 2 is 1.58 bits per heavy atom. The van der Waals surface area contributed by atoms with Crippen molar-refractivity contribution in [1.29, 1.82) is 0 Å². The zero-order valence-electron chi connectivity index (χ0n) is 20.9. The van der Waals surface area contributed by atoms with Gasteiger partial charge in [-0.05, 0) is 56.5 Å². The molecule has 0 radical (unpaired) electrons. The van der Waals surface area contributed by atoms with Crippen LogP contribution in [0.15, 0.2) is 24.3 Å². The zero-order chi connectivity index (χ0) is 28.8. The Kier molecular flexibility index (Phi) is 10.1. The fourth-order valence-electron chi connectivity index (χ4n) is 3.91. The van der Waals surface area contributed by atoms with Crippen molar-refractivity contribution in [2.75, 3.05) is 13.1 Å². The first-order valence-electron chi connectivity index (χ1n) is 11.8. The maximum atomic E-state index is 13.4. The van der Waals surface area contributed by atoms with Crippen LogP contribution >= 0.6 is 0 Å². The van der Waals surface area contributed by atoms with Crippen LogP contribution in [-0.4, -0.2) is 82.8 Å². The number of aliphatic carboxylic acids is 1. The minimum absolute atomic E-state index is 0.0263. The van der Waals surface area contributed by atoms with E-state index in [2.05, 4.69) is 16.0 Å². The number of alkyl halides is 3. The number of carboxylic acids is 1. The molecular formula is C24H29F3N4O7. The standard InChI is InChI=1S/C24H29F3N4O7/c1-12(2)18(19(34)24(25,26)27)31(23(38)16-5-4-10-28-16)22(37)13(3)30-21(36)15-8-6-14(7-9-15)20(35)29-11-17(32)33/h6-9,12-13,16,18,28H,4-5,10-11H2,1-3H3,(H,29,35)(H,30,36)(H,32,33)/t13-,16-,18?/m0/s1. The van der Waals surface area contributed by atoms with E-state index >= 15 is 0 Å². The molecule has 208 valence electrons. The molecule has 1 aromatic carbocycles. The molecule has 0 bridgehead atoms. The van der Waals surface area contributed by atoms with Crippen LogP contribution in [0.3, 0.4) is 0 Å². The van der Waals surface area contributed by atoms with E-state index in [-0.39, 0.29) is 17.5 Å². The molecule has 0 saturated carbocycles. The number of halogens is 3. The maximum Gasteiger partial charge on any atom is 0.452 e. The molecule has 38 heavy (non-hydrogen) atoms. The lowest BCUT2D eigenvalue weighted by atomic mass is 9.95. The van der Waals surface area contributed by atoms with Crippen LogP contribution < -0.4 is 16.0 Å². The third kappa shape index (κ3) is 7.60. The summed E-state index contributed by atoms with van der Waals surface area (Å²) in [6, 6.07) is 0.335.